The molecule has 0 fully saturated rings. The normalized spacial score (nSPS) is 18.6. The molecule has 1 atom stereocenters. The predicted octanol–water partition coefficient (Wildman–Crippen LogP) is 4.78. The van der Waals surface area contributed by atoms with Gasteiger partial charge in [-0.15, -0.1) is 0 Å². The molecule has 3 aromatic rings. The first-order valence-electron chi connectivity index (χ1n) is 10.5. The zero-order valence-corrected chi connectivity index (χ0v) is 17.5. The standard InChI is InChI=1S/C26H29N3O/c1-28-19-21-11-8-9-16-24(21)26(20-28,22-12-4-2-5-13-22)17-10-18-29(25(27)30)23-14-6-3-7-15-23/h2-9,11-16H,10,17-20H2,1H3,(H2,27,30). The molecule has 154 valence electrons. The SMILES string of the molecule is CN1Cc2ccccc2C(CCCN(C(N)=O)c2ccccc2)(c2ccccc2)C1. The maximum atomic E-state index is 12.1. The molecule has 1 unspecified atom stereocenters. The summed E-state index contributed by atoms with van der Waals surface area (Å²) in [6, 6.07) is 28.8. The molecule has 3 aromatic carbocycles. The van der Waals surface area contributed by atoms with E-state index in [1.54, 1.807) is 4.90 Å². The summed E-state index contributed by atoms with van der Waals surface area (Å²) in [5.41, 5.74) is 10.6. The summed E-state index contributed by atoms with van der Waals surface area (Å²) in [5, 5.41) is 0. The molecule has 0 saturated heterocycles. The van der Waals surface area contributed by atoms with E-state index in [0.717, 1.165) is 31.6 Å². The zero-order valence-electron chi connectivity index (χ0n) is 17.5. The number of para-hydroxylation sites is 1. The summed E-state index contributed by atoms with van der Waals surface area (Å²) < 4.78 is 0. The van der Waals surface area contributed by atoms with Crippen LogP contribution in [0.4, 0.5) is 10.5 Å². The Kier molecular flexibility index (Phi) is 5.86. The van der Waals surface area contributed by atoms with Crippen LogP contribution in [-0.4, -0.2) is 31.1 Å². The fourth-order valence-electron chi connectivity index (χ4n) is 4.89. The Hall–Kier alpha value is -3.11. The van der Waals surface area contributed by atoms with Gasteiger partial charge in [-0.25, -0.2) is 4.79 Å². The lowest BCUT2D eigenvalue weighted by Gasteiger charge is -2.44. The highest BCUT2D eigenvalue weighted by Gasteiger charge is 2.39. The molecule has 1 aliphatic heterocycles. The topological polar surface area (TPSA) is 49.6 Å². The van der Waals surface area contributed by atoms with Crippen molar-refractivity contribution in [2.45, 2.75) is 24.8 Å². The number of urea groups is 1. The third-order valence-corrected chi connectivity index (χ3v) is 6.16. The second kappa shape index (κ2) is 8.72. The van der Waals surface area contributed by atoms with Gasteiger partial charge < -0.3 is 10.6 Å². The Morgan fingerprint density at radius 3 is 2.30 bits per heavy atom. The molecule has 2 amide bonds. The Morgan fingerprint density at radius 2 is 1.60 bits per heavy atom. The van der Waals surface area contributed by atoms with E-state index in [1.165, 1.54) is 16.7 Å². The number of nitrogens with zero attached hydrogens (tertiary/aromatic N) is 2. The molecule has 0 spiro atoms. The number of hydrogen-bond acceptors (Lipinski definition) is 2. The van der Waals surface area contributed by atoms with E-state index in [0.29, 0.717) is 6.54 Å². The van der Waals surface area contributed by atoms with Gasteiger partial charge in [-0.1, -0.05) is 72.8 Å². The number of hydrogen-bond donors (Lipinski definition) is 1. The van der Waals surface area contributed by atoms with Crippen LogP contribution in [0.2, 0.25) is 0 Å². The first-order chi connectivity index (χ1) is 14.6. The van der Waals surface area contributed by atoms with Crippen LogP contribution in [0.25, 0.3) is 0 Å². The highest BCUT2D eigenvalue weighted by molar-refractivity contribution is 5.90. The molecular weight excluding hydrogens is 370 g/mol. The molecule has 4 rings (SSSR count). The molecule has 0 radical (unpaired) electrons. The maximum Gasteiger partial charge on any atom is 0.319 e. The Balaban J connectivity index is 1.65. The molecule has 0 aliphatic carbocycles. The van der Waals surface area contributed by atoms with E-state index in [2.05, 4.69) is 66.5 Å². The molecule has 1 aliphatic rings. The van der Waals surface area contributed by atoms with Crippen LogP contribution in [-0.2, 0) is 12.0 Å². The van der Waals surface area contributed by atoms with Crippen molar-refractivity contribution in [3.05, 3.63) is 102 Å². The first-order valence-corrected chi connectivity index (χ1v) is 10.5. The second-order valence-electron chi connectivity index (χ2n) is 8.21. The van der Waals surface area contributed by atoms with Gasteiger partial charge in [0.2, 0.25) is 0 Å². The van der Waals surface area contributed by atoms with Crippen LogP contribution in [0.5, 0.6) is 0 Å². The van der Waals surface area contributed by atoms with Crippen LogP contribution in [0.3, 0.4) is 0 Å². The van der Waals surface area contributed by atoms with Gasteiger partial charge in [-0.05, 0) is 48.7 Å². The number of benzene rings is 3. The molecule has 0 bridgehead atoms. The number of anilines is 1. The largest absolute Gasteiger partial charge is 0.351 e. The van der Waals surface area contributed by atoms with Crippen LogP contribution in [0.15, 0.2) is 84.9 Å². The molecular formula is C26H29N3O. The smallest absolute Gasteiger partial charge is 0.319 e. The maximum absolute atomic E-state index is 12.1. The van der Waals surface area contributed by atoms with Gasteiger partial charge in [0, 0.05) is 30.7 Å². The Morgan fingerprint density at radius 1 is 0.967 bits per heavy atom. The predicted molar refractivity (Wildman–Crippen MR) is 123 cm³/mol. The fourth-order valence-corrected chi connectivity index (χ4v) is 4.89. The number of carbonyl (C=O) groups is 1. The van der Waals surface area contributed by atoms with Crippen molar-refractivity contribution < 1.29 is 4.79 Å². The van der Waals surface area contributed by atoms with Crippen molar-refractivity contribution in [1.82, 2.24) is 4.90 Å². The summed E-state index contributed by atoms with van der Waals surface area (Å²) in [5.74, 6) is 0. The van der Waals surface area contributed by atoms with Crippen molar-refractivity contribution >= 4 is 11.7 Å². The van der Waals surface area contributed by atoms with Gasteiger partial charge in [-0.2, -0.15) is 0 Å². The van der Waals surface area contributed by atoms with Crippen molar-refractivity contribution in [3.63, 3.8) is 0 Å². The lowest BCUT2D eigenvalue weighted by molar-refractivity contribution is 0.225. The first kappa shape index (κ1) is 20.2. The molecule has 2 N–H and O–H groups in total. The summed E-state index contributed by atoms with van der Waals surface area (Å²) >= 11 is 0. The van der Waals surface area contributed by atoms with Gasteiger partial charge in [0.05, 0.1) is 0 Å². The van der Waals surface area contributed by atoms with E-state index < -0.39 is 6.03 Å². The zero-order chi connectivity index (χ0) is 21.0. The van der Waals surface area contributed by atoms with Crippen LogP contribution < -0.4 is 10.6 Å². The lowest BCUT2D eigenvalue weighted by Crippen LogP contribution is -2.45. The van der Waals surface area contributed by atoms with E-state index >= 15 is 0 Å². The second-order valence-corrected chi connectivity index (χ2v) is 8.21. The molecule has 30 heavy (non-hydrogen) atoms. The lowest BCUT2D eigenvalue weighted by atomic mass is 9.67. The number of fused-ring (bicyclic) bond motifs is 1. The van der Waals surface area contributed by atoms with Crippen molar-refractivity contribution in [1.29, 1.82) is 0 Å². The van der Waals surface area contributed by atoms with Crippen LogP contribution in [0, 0.1) is 0 Å². The number of primary amides is 1. The number of likely N-dealkylation sites (N-methyl/N-ethyl adjacent to an activating group) is 1. The van der Waals surface area contributed by atoms with E-state index in [1.807, 2.05) is 30.3 Å². The third kappa shape index (κ3) is 3.96. The minimum Gasteiger partial charge on any atom is -0.351 e. The van der Waals surface area contributed by atoms with E-state index in [9.17, 15) is 4.79 Å². The van der Waals surface area contributed by atoms with Gasteiger partial charge in [0.1, 0.15) is 0 Å². The van der Waals surface area contributed by atoms with Gasteiger partial charge in [0.25, 0.3) is 0 Å². The van der Waals surface area contributed by atoms with Crippen molar-refractivity contribution in [2.75, 3.05) is 25.0 Å². The van der Waals surface area contributed by atoms with Crippen LogP contribution >= 0.6 is 0 Å². The van der Waals surface area contributed by atoms with Gasteiger partial charge in [-0.3, -0.25) is 4.90 Å². The summed E-state index contributed by atoms with van der Waals surface area (Å²) in [6.45, 7) is 2.51. The highest BCUT2D eigenvalue weighted by atomic mass is 16.2. The third-order valence-electron chi connectivity index (χ3n) is 6.16. The number of carbonyl (C=O) groups excluding carboxylic acids is 1. The van der Waals surface area contributed by atoms with Gasteiger partial charge >= 0.3 is 6.03 Å². The number of amides is 2. The average Bonchev–Trinajstić information content (AvgIpc) is 2.77. The van der Waals surface area contributed by atoms with Gasteiger partial charge in [0.15, 0.2) is 0 Å². The molecule has 1 heterocycles. The minimum absolute atomic E-state index is 0.106. The summed E-state index contributed by atoms with van der Waals surface area (Å²) in [6.07, 6.45) is 1.80. The summed E-state index contributed by atoms with van der Waals surface area (Å²) in [7, 11) is 2.19. The Labute approximate surface area is 178 Å². The number of rotatable bonds is 6. The van der Waals surface area contributed by atoms with E-state index in [4.69, 9.17) is 5.73 Å². The molecule has 4 heteroatoms. The minimum atomic E-state index is -0.406. The van der Waals surface area contributed by atoms with Crippen molar-refractivity contribution in [3.8, 4) is 0 Å². The average molecular weight is 400 g/mol. The molecule has 0 aromatic heterocycles. The summed E-state index contributed by atoms with van der Waals surface area (Å²) in [4.78, 5) is 16.2. The quantitative estimate of drug-likeness (QED) is 0.648. The monoisotopic (exact) mass is 399 g/mol. The Bertz CT molecular complexity index is 989. The number of nitrogens with two attached hydrogens (primary N) is 1. The highest BCUT2D eigenvalue weighted by Crippen LogP contribution is 2.42. The molecule has 4 nitrogen and oxygen atoms in total. The van der Waals surface area contributed by atoms with Crippen LogP contribution in [0.1, 0.15) is 29.5 Å². The molecule has 0 saturated carbocycles. The van der Waals surface area contributed by atoms with E-state index in [-0.39, 0.29) is 5.41 Å². The fraction of sp³-hybridized carbons (Fsp3) is 0.269. The van der Waals surface area contributed by atoms with Crippen molar-refractivity contribution in [2.24, 2.45) is 5.73 Å².